The molecule has 1 aliphatic rings. The van der Waals surface area contributed by atoms with Crippen LogP contribution in [0.5, 0.6) is 5.75 Å². The largest absolute Gasteiger partial charge is 0.508 e. The molecule has 0 aliphatic carbocycles. The van der Waals surface area contributed by atoms with Gasteiger partial charge in [-0.25, -0.2) is 0 Å². The van der Waals surface area contributed by atoms with E-state index in [9.17, 15) is 9.90 Å². The second-order valence-corrected chi connectivity index (χ2v) is 4.39. The molecule has 15 heavy (non-hydrogen) atoms. The first-order valence-electron chi connectivity index (χ1n) is 4.82. The molecule has 1 aromatic rings. The molecule has 0 radical (unpaired) electrons. The zero-order valence-electron chi connectivity index (χ0n) is 8.40. The molecular weight excluding hydrogens is 214 g/mol. The standard InChI is InChI=1S/C11H12ClNO2/c1-7-2-3-9(5-10(7)14)13-6-8(12)4-11(13)15/h2-3,5,8,14H,4,6H2,1H3. The Kier molecular flexibility index (Phi) is 2.57. The van der Waals surface area contributed by atoms with Crippen LogP contribution in [0.4, 0.5) is 5.69 Å². The zero-order chi connectivity index (χ0) is 11.0. The highest BCUT2D eigenvalue weighted by Crippen LogP contribution is 2.28. The molecule has 80 valence electrons. The van der Waals surface area contributed by atoms with Crippen molar-refractivity contribution in [3.8, 4) is 5.75 Å². The quantitative estimate of drug-likeness (QED) is 0.744. The Labute approximate surface area is 93.3 Å². The van der Waals surface area contributed by atoms with Gasteiger partial charge in [-0.05, 0) is 18.6 Å². The van der Waals surface area contributed by atoms with Gasteiger partial charge in [-0.2, -0.15) is 0 Å². The van der Waals surface area contributed by atoms with Crippen LogP contribution < -0.4 is 4.90 Å². The number of amides is 1. The van der Waals surface area contributed by atoms with Crippen LogP contribution in [0.3, 0.4) is 0 Å². The molecule has 0 spiro atoms. The van der Waals surface area contributed by atoms with E-state index in [2.05, 4.69) is 0 Å². The molecule has 3 nitrogen and oxygen atoms in total. The molecule has 1 amide bonds. The van der Waals surface area contributed by atoms with E-state index in [-0.39, 0.29) is 17.0 Å². The van der Waals surface area contributed by atoms with Crippen LogP contribution >= 0.6 is 11.6 Å². The summed E-state index contributed by atoms with van der Waals surface area (Å²) >= 11 is 5.90. The predicted octanol–water partition coefficient (Wildman–Crippen LogP) is 2.04. The van der Waals surface area contributed by atoms with Crippen LogP contribution in [-0.2, 0) is 4.79 Å². The molecule has 4 heteroatoms. The minimum absolute atomic E-state index is 0.0123. The summed E-state index contributed by atoms with van der Waals surface area (Å²) in [6.07, 6.45) is 0.371. The maximum Gasteiger partial charge on any atom is 0.228 e. The second-order valence-electron chi connectivity index (χ2n) is 3.78. The number of aryl methyl sites for hydroxylation is 1. The number of phenolic OH excluding ortho intramolecular Hbond substituents is 1. The van der Waals surface area contributed by atoms with Crippen molar-refractivity contribution in [1.29, 1.82) is 0 Å². The first-order chi connectivity index (χ1) is 7.08. The van der Waals surface area contributed by atoms with Gasteiger partial charge < -0.3 is 10.0 Å². The monoisotopic (exact) mass is 225 g/mol. The van der Waals surface area contributed by atoms with Crippen LogP contribution in [0.25, 0.3) is 0 Å². The number of carbonyl (C=O) groups is 1. The Balaban J connectivity index is 2.30. The molecular formula is C11H12ClNO2. The maximum atomic E-state index is 11.5. The summed E-state index contributed by atoms with van der Waals surface area (Å²) < 4.78 is 0. The van der Waals surface area contributed by atoms with Gasteiger partial charge in [-0.1, -0.05) is 6.07 Å². The lowest BCUT2D eigenvalue weighted by Gasteiger charge is -2.16. The van der Waals surface area contributed by atoms with Gasteiger partial charge in [0.1, 0.15) is 5.75 Å². The number of nitrogens with zero attached hydrogens (tertiary/aromatic N) is 1. The van der Waals surface area contributed by atoms with Crippen molar-refractivity contribution in [1.82, 2.24) is 0 Å². The Bertz CT molecular complexity index is 406. The number of carbonyl (C=O) groups excluding carboxylic acids is 1. The average molecular weight is 226 g/mol. The van der Waals surface area contributed by atoms with Crippen LogP contribution in [0.1, 0.15) is 12.0 Å². The fraction of sp³-hybridized carbons (Fsp3) is 0.364. The molecule has 1 N–H and O–H groups in total. The minimum atomic E-state index is -0.124. The molecule has 0 saturated carbocycles. The van der Waals surface area contributed by atoms with Crippen LogP contribution in [0.15, 0.2) is 18.2 Å². The van der Waals surface area contributed by atoms with E-state index in [1.807, 2.05) is 13.0 Å². The molecule has 1 heterocycles. The summed E-state index contributed by atoms with van der Waals surface area (Å²) in [5, 5.41) is 9.42. The van der Waals surface area contributed by atoms with E-state index in [4.69, 9.17) is 11.6 Å². The lowest BCUT2D eigenvalue weighted by Crippen LogP contribution is -2.24. The van der Waals surface area contributed by atoms with Crippen molar-refractivity contribution in [3.05, 3.63) is 23.8 Å². The highest BCUT2D eigenvalue weighted by Gasteiger charge is 2.29. The molecule has 1 unspecified atom stereocenters. The number of benzene rings is 1. The van der Waals surface area contributed by atoms with Crippen molar-refractivity contribution >= 4 is 23.2 Å². The van der Waals surface area contributed by atoms with Crippen molar-refractivity contribution < 1.29 is 9.90 Å². The van der Waals surface area contributed by atoms with Gasteiger partial charge in [-0.15, -0.1) is 11.6 Å². The summed E-state index contributed by atoms with van der Waals surface area (Å²) in [6.45, 7) is 2.33. The Hall–Kier alpha value is -1.22. The summed E-state index contributed by atoms with van der Waals surface area (Å²) in [5.74, 6) is 0.219. The van der Waals surface area contributed by atoms with Crippen molar-refractivity contribution in [3.63, 3.8) is 0 Å². The predicted molar refractivity (Wildman–Crippen MR) is 59.5 cm³/mol. The summed E-state index contributed by atoms with van der Waals surface area (Å²) in [5.41, 5.74) is 1.51. The summed E-state index contributed by atoms with van der Waals surface area (Å²) in [6, 6.07) is 5.21. The third-order valence-corrected chi connectivity index (χ3v) is 2.87. The van der Waals surface area contributed by atoms with Gasteiger partial charge in [0, 0.05) is 24.7 Å². The van der Waals surface area contributed by atoms with Crippen molar-refractivity contribution in [2.45, 2.75) is 18.7 Å². The first kappa shape index (κ1) is 10.3. The van der Waals surface area contributed by atoms with E-state index in [0.717, 1.165) is 5.56 Å². The molecule has 1 aromatic carbocycles. The number of rotatable bonds is 1. The van der Waals surface area contributed by atoms with Crippen molar-refractivity contribution in [2.75, 3.05) is 11.4 Å². The van der Waals surface area contributed by atoms with E-state index in [1.54, 1.807) is 17.0 Å². The average Bonchev–Trinajstić information content (AvgIpc) is 2.50. The number of aromatic hydroxyl groups is 1. The molecule has 1 atom stereocenters. The van der Waals surface area contributed by atoms with Gasteiger partial charge in [0.2, 0.25) is 5.91 Å². The minimum Gasteiger partial charge on any atom is -0.508 e. The molecule has 2 rings (SSSR count). The molecule has 1 saturated heterocycles. The maximum absolute atomic E-state index is 11.5. The Morgan fingerprint density at radius 2 is 2.27 bits per heavy atom. The highest BCUT2D eigenvalue weighted by atomic mass is 35.5. The normalized spacial score (nSPS) is 21.1. The molecule has 1 aliphatic heterocycles. The number of phenols is 1. The van der Waals surface area contributed by atoms with E-state index < -0.39 is 0 Å². The van der Waals surface area contributed by atoms with E-state index >= 15 is 0 Å². The number of anilines is 1. The number of halogens is 1. The first-order valence-corrected chi connectivity index (χ1v) is 5.25. The summed E-state index contributed by atoms with van der Waals surface area (Å²) in [4.78, 5) is 13.1. The van der Waals surface area contributed by atoms with Crippen molar-refractivity contribution in [2.24, 2.45) is 0 Å². The topological polar surface area (TPSA) is 40.5 Å². The lowest BCUT2D eigenvalue weighted by atomic mass is 10.2. The fourth-order valence-electron chi connectivity index (χ4n) is 1.68. The second kappa shape index (κ2) is 3.74. The summed E-state index contributed by atoms with van der Waals surface area (Å²) in [7, 11) is 0. The van der Waals surface area contributed by atoms with Gasteiger partial charge in [0.25, 0.3) is 0 Å². The van der Waals surface area contributed by atoms with Gasteiger partial charge in [0.15, 0.2) is 0 Å². The SMILES string of the molecule is Cc1ccc(N2CC(Cl)CC2=O)cc1O. The van der Waals surface area contributed by atoms with Crippen LogP contribution in [0.2, 0.25) is 0 Å². The third-order valence-electron chi connectivity index (χ3n) is 2.58. The van der Waals surface area contributed by atoms with Crippen LogP contribution in [-0.4, -0.2) is 22.9 Å². The molecule has 0 aromatic heterocycles. The molecule has 1 fully saturated rings. The zero-order valence-corrected chi connectivity index (χ0v) is 9.16. The smallest absolute Gasteiger partial charge is 0.228 e. The Morgan fingerprint density at radius 3 is 2.80 bits per heavy atom. The number of alkyl halides is 1. The number of hydrogen-bond donors (Lipinski definition) is 1. The van der Waals surface area contributed by atoms with E-state index in [1.165, 1.54) is 0 Å². The van der Waals surface area contributed by atoms with Gasteiger partial charge in [0.05, 0.1) is 5.38 Å². The van der Waals surface area contributed by atoms with E-state index in [0.29, 0.717) is 18.7 Å². The van der Waals surface area contributed by atoms with Gasteiger partial charge >= 0.3 is 0 Å². The third kappa shape index (κ3) is 1.92. The fourth-order valence-corrected chi connectivity index (χ4v) is 1.95. The van der Waals surface area contributed by atoms with Gasteiger partial charge in [-0.3, -0.25) is 4.79 Å². The molecule has 0 bridgehead atoms. The van der Waals surface area contributed by atoms with Crippen LogP contribution in [0, 0.1) is 6.92 Å². The Morgan fingerprint density at radius 1 is 1.53 bits per heavy atom. The highest BCUT2D eigenvalue weighted by molar-refractivity contribution is 6.24. The lowest BCUT2D eigenvalue weighted by molar-refractivity contribution is -0.117. The number of hydrogen-bond acceptors (Lipinski definition) is 2.